The van der Waals surface area contributed by atoms with Gasteiger partial charge in [-0.2, -0.15) is 0 Å². The van der Waals surface area contributed by atoms with Gasteiger partial charge in [0.25, 0.3) is 0 Å². The van der Waals surface area contributed by atoms with Gasteiger partial charge in [0, 0.05) is 6.07 Å². The van der Waals surface area contributed by atoms with Gasteiger partial charge in [-0.1, -0.05) is 0 Å². The van der Waals surface area contributed by atoms with Crippen LogP contribution in [-0.2, 0) is 4.74 Å². The van der Waals surface area contributed by atoms with Crippen LogP contribution < -0.4 is 4.74 Å². The molecule has 1 heterocycles. The summed E-state index contributed by atoms with van der Waals surface area (Å²) in [7, 11) is 0. The molecule has 0 fully saturated rings. The van der Waals surface area contributed by atoms with Crippen molar-refractivity contribution in [2.45, 2.75) is 20.8 Å². The maximum absolute atomic E-state index is 11.4. The van der Waals surface area contributed by atoms with Gasteiger partial charge in [0.1, 0.15) is 0 Å². The molecule has 0 bridgehead atoms. The van der Waals surface area contributed by atoms with Crippen LogP contribution >= 0.6 is 0 Å². The highest BCUT2D eigenvalue weighted by Crippen LogP contribution is 2.13. The van der Waals surface area contributed by atoms with E-state index in [4.69, 9.17) is 9.47 Å². The molecule has 1 aromatic heterocycles. The van der Waals surface area contributed by atoms with Gasteiger partial charge in [-0.25, -0.2) is 9.78 Å². The van der Waals surface area contributed by atoms with Crippen molar-refractivity contribution >= 4 is 5.97 Å². The molecule has 0 amide bonds. The smallest absolute Gasteiger partial charge is 0.339 e. The van der Waals surface area contributed by atoms with E-state index in [0.717, 1.165) is 0 Å². The molecule has 4 heteroatoms. The third-order valence-corrected chi connectivity index (χ3v) is 1.85. The molecule has 0 radical (unpaired) electrons. The van der Waals surface area contributed by atoms with E-state index in [1.807, 2.05) is 6.92 Å². The van der Waals surface area contributed by atoms with Crippen molar-refractivity contribution in [2.24, 2.45) is 0 Å². The topological polar surface area (TPSA) is 48.4 Å². The number of hydrogen-bond donors (Lipinski definition) is 0. The summed E-state index contributed by atoms with van der Waals surface area (Å²) in [5.74, 6) is 0.189. The van der Waals surface area contributed by atoms with Crippen LogP contribution in [0.25, 0.3) is 0 Å². The third kappa shape index (κ3) is 2.94. The molecule has 0 saturated carbocycles. The molecule has 0 saturated heterocycles. The Bertz CT molecular complexity index is 350. The fourth-order valence-electron chi connectivity index (χ4n) is 1.19. The van der Waals surface area contributed by atoms with Crippen molar-refractivity contribution < 1.29 is 14.3 Å². The second-order valence-electron chi connectivity index (χ2n) is 2.94. The summed E-state index contributed by atoms with van der Waals surface area (Å²) in [6, 6.07) is 3.34. The van der Waals surface area contributed by atoms with Crippen molar-refractivity contribution in [1.29, 1.82) is 0 Å². The molecule has 15 heavy (non-hydrogen) atoms. The first-order valence-corrected chi connectivity index (χ1v) is 4.96. The summed E-state index contributed by atoms with van der Waals surface area (Å²) in [6.45, 7) is 6.34. The number of aromatic nitrogens is 1. The van der Waals surface area contributed by atoms with Gasteiger partial charge in [0.15, 0.2) is 0 Å². The van der Waals surface area contributed by atoms with Crippen LogP contribution in [0.1, 0.15) is 29.9 Å². The number of aryl methyl sites for hydroxylation is 1. The van der Waals surface area contributed by atoms with Gasteiger partial charge in [0.2, 0.25) is 5.88 Å². The molecule has 1 rings (SSSR count). The normalized spacial score (nSPS) is 9.80. The monoisotopic (exact) mass is 209 g/mol. The molecule has 4 nitrogen and oxygen atoms in total. The minimum absolute atomic E-state index is 0.342. The van der Waals surface area contributed by atoms with E-state index in [1.54, 1.807) is 26.0 Å². The van der Waals surface area contributed by atoms with Gasteiger partial charge in [-0.15, -0.1) is 0 Å². The largest absolute Gasteiger partial charge is 0.478 e. The standard InChI is InChI=1S/C11H15NO3/c1-4-14-10-7-6-9(8(3)12-10)11(13)15-5-2/h6-7H,4-5H2,1-3H3. The molecular weight excluding hydrogens is 194 g/mol. The van der Waals surface area contributed by atoms with E-state index in [-0.39, 0.29) is 5.97 Å². The van der Waals surface area contributed by atoms with Crippen LogP contribution in [0.15, 0.2) is 12.1 Å². The number of ether oxygens (including phenoxy) is 2. The Morgan fingerprint density at radius 2 is 2.07 bits per heavy atom. The first kappa shape index (κ1) is 11.5. The summed E-state index contributed by atoms with van der Waals surface area (Å²) in [5.41, 5.74) is 1.11. The zero-order valence-corrected chi connectivity index (χ0v) is 9.24. The van der Waals surface area contributed by atoms with Gasteiger partial charge in [0.05, 0.1) is 24.5 Å². The van der Waals surface area contributed by atoms with E-state index in [2.05, 4.69) is 4.98 Å². The number of carbonyl (C=O) groups is 1. The van der Waals surface area contributed by atoms with Gasteiger partial charge < -0.3 is 9.47 Å². The molecule has 0 spiro atoms. The SMILES string of the molecule is CCOC(=O)c1ccc(OCC)nc1C. The molecule has 0 aliphatic carbocycles. The second-order valence-corrected chi connectivity index (χ2v) is 2.94. The maximum Gasteiger partial charge on any atom is 0.339 e. The third-order valence-electron chi connectivity index (χ3n) is 1.85. The molecule has 82 valence electrons. The average Bonchev–Trinajstić information content (AvgIpc) is 2.18. The highest BCUT2D eigenvalue weighted by atomic mass is 16.5. The Kier molecular flexibility index (Phi) is 4.09. The summed E-state index contributed by atoms with van der Waals surface area (Å²) in [5, 5.41) is 0. The highest BCUT2D eigenvalue weighted by molar-refractivity contribution is 5.90. The van der Waals surface area contributed by atoms with E-state index >= 15 is 0 Å². The van der Waals surface area contributed by atoms with Crippen molar-refractivity contribution in [1.82, 2.24) is 4.98 Å². The van der Waals surface area contributed by atoms with E-state index in [1.165, 1.54) is 0 Å². The van der Waals surface area contributed by atoms with Crippen LogP contribution in [0, 0.1) is 6.92 Å². The lowest BCUT2D eigenvalue weighted by molar-refractivity contribution is 0.0525. The molecule has 0 unspecified atom stereocenters. The fourth-order valence-corrected chi connectivity index (χ4v) is 1.19. The summed E-state index contributed by atoms with van der Waals surface area (Å²) >= 11 is 0. The molecule has 0 aliphatic heterocycles. The second kappa shape index (κ2) is 5.34. The molecule has 0 atom stereocenters. The van der Waals surface area contributed by atoms with Crippen molar-refractivity contribution in [3.05, 3.63) is 23.4 Å². The first-order chi connectivity index (χ1) is 7.19. The number of rotatable bonds is 4. The van der Waals surface area contributed by atoms with Crippen molar-refractivity contribution in [2.75, 3.05) is 13.2 Å². The highest BCUT2D eigenvalue weighted by Gasteiger charge is 2.11. The average molecular weight is 209 g/mol. The van der Waals surface area contributed by atoms with Crippen LogP contribution in [0.5, 0.6) is 5.88 Å². The predicted octanol–water partition coefficient (Wildman–Crippen LogP) is 1.97. The van der Waals surface area contributed by atoms with Crippen molar-refractivity contribution in [3.63, 3.8) is 0 Å². The fraction of sp³-hybridized carbons (Fsp3) is 0.455. The zero-order chi connectivity index (χ0) is 11.3. The Balaban J connectivity index is 2.87. The number of hydrogen-bond acceptors (Lipinski definition) is 4. The number of esters is 1. The quantitative estimate of drug-likeness (QED) is 0.711. The number of carbonyl (C=O) groups excluding carboxylic acids is 1. The molecule has 1 aromatic rings. The van der Waals surface area contributed by atoms with E-state index in [0.29, 0.717) is 30.4 Å². The van der Waals surface area contributed by atoms with Crippen LogP contribution in [0.3, 0.4) is 0 Å². The maximum atomic E-state index is 11.4. The summed E-state index contributed by atoms with van der Waals surface area (Å²) in [6.07, 6.45) is 0. The Hall–Kier alpha value is -1.58. The van der Waals surface area contributed by atoms with E-state index in [9.17, 15) is 4.79 Å². The Morgan fingerprint density at radius 1 is 1.33 bits per heavy atom. The summed E-state index contributed by atoms with van der Waals surface area (Å²) < 4.78 is 10.1. The van der Waals surface area contributed by atoms with Gasteiger partial charge in [-0.05, 0) is 26.8 Å². The molecular formula is C11H15NO3. The summed E-state index contributed by atoms with van der Waals surface area (Å²) in [4.78, 5) is 15.6. The lowest BCUT2D eigenvalue weighted by atomic mass is 10.2. The lowest BCUT2D eigenvalue weighted by Crippen LogP contribution is -2.08. The minimum Gasteiger partial charge on any atom is -0.478 e. The number of nitrogens with zero attached hydrogens (tertiary/aromatic N) is 1. The Morgan fingerprint density at radius 3 is 2.60 bits per heavy atom. The number of pyridine rings is 1. The molecule has 0 aromatic carbocycles. The van der Waals surface area contributed by atoms with Gasteiger partial charge >= 0.3 is 5.97 Å². The molecule has 0 N–H and O–H groups in total. The van der Waals surface area contributed by atoms with Gasteiger partial charge in [-0.3, -0.25) is 0 Å². The van der Waals surface area contributed by atoms with Crippen LogP contribution in [0.2, 0.25) is 0 Å². The zero-order valence-electron chi connectivity index (χ0n) is 9.24. The van der Waals surface area contributed by atoms with Crippen molar-refractivity contribution in [3.8, 4) is 5.88 Å². The van der Waals surface area contributed by atoms with E-state index < -0.39 is 0 Å². The lowest BCUT2D eigenvalue weighted by Gasteiger charge is -2.07. The predicted molar refractivity (Wildman–Crippen MR) is 56.1 cm³/mol. The molecule has 0 aliphatic rings. The Labute approximate surface area is 89.2 Å². The van der Waals surface area contributed by atoms with Crippen LogP contribution in [0.4, 0.5) is 0 Å². The first-order valence-electron chi connectivity index (χ1n) is 4.96. The minimum atomic E-state index is -0.342. The van der Waals surface area contributed by atoms with Crippen LogP contribution in [-0.4, -0.2) is 24.2 Å².